The highest BCUT2D eigenvalue weighted by molar-refractivity contribution is 5.97. The fourth-order valence-electron chi connectivity index (χ4n) is 2.26. The smallest absolute Gasteiger partial charge is 0.338 e. The van der Waals surface area contributed by atoms with Crippen LogP contribution in [-0.2, 0) is 9.53 Å². The predicted molar refractivity (Wildman–Crippen MR) is 95.3 cm³/mol. The van der Waals surface area contributed by atoms with Crippen molar-refractivity contribution in [3.63, 3.8) is 0 Å². The van der Waals surface area contributed by atoms with Crippen molar-refractivity contribution in [1.29, 1.82) is 0 Å². The molecule has 0 aromatic heterocycles. The molecule has 24 heavy (non-hydrogen) atoms. The summed E-state index contributed by atoms with van der Waals surface area (Å²) in [6.45, 7) is 9.35. The first-order valence-electron chi connectivity index (χ1n) is 7.94. The number of esters is 1. The Bertz CT molecular complexity index is 780. The Hall–Kier alpha value is -2.62. The molecule has 0 aliphatic rings. The van der Waals surface area contributed by atoms with Gasteiger partial charge in [-0.25, -0.2) is 4.79 Å². The average Bonchev–Trinajstić information content (AvgIpc) is 2.53. The van der Waals surface area contributed by atoms with Gasteiger partial charge in [0.25, 0.3) is 5.91 Å². The van der Waals surface area contributed by atoms with E-state index in [9.17, 15) is 9.59 Å². The van der Waals surface area contributed by atoms with Crippen LogP contribution in [0.4, 0.5) is 5.69 Å². The second-order valence-electron chi connectivity index (χ2n) is 6.15. The van der Waals surface area contributed by atoms with Gasteiger partial charge in [-0.05, 0) is 75.1 Å². The van der Waals surface area contributed by atoms with E-state index in [0.29, 0.717) is 5.56 Å². The zero-order valence-electron chi connectivity index (χ0n) is 14.8. The summed E-state index contributed by atoms with van der Waals surface area (Å²) in [5.74, 6) is -0.845. The summed E-state index contributed by atoms with van der Waals surface area (Å²) in [6, 6.07) is 11.2. The van der Waals surface area contributed by atoms with Gasteiger partial charge >= 0.3 is 5.97 Å². The van der Waals surface area contributed by atoms with Crippen molar-refractivity contribution in [2.24, 2.45) is 0 Å². The zero-order valence-corrected chi connectivity index (χ0v) is 14.8. The normalized spacial score (nSPS) is 11.7. The molecule has 2 aromatic carbocycles. The van der Waals surface area contributed by atoms with Gasteiger partial charge in [0.2, 0.25) is 0 Å². The third-order valence-electron chi connectivity index (χ3n) is 4.05. The molecule has 0 fully saturated rings. The Balaban J connectivity index is 2.04. The highest BCUT2D eigenvalue weighted by Crippen LogP contribution is 2.17. The molecule has 0 radical (unpaired) electrons. The molecule has 0 saturated heterocycles. The van der Waals surface area contributed by atoms with Crippen LogP contribution in [0.2, 0.25) is 0 Å². The van der Waals surface area contributed by atoms with Crippen LogP contribution in [0.1, 0.15) is 39.5 Å². The van der Waals surface area contributed by atoms with E-state index in [1.165, 1.54) is 0 Å². The largest absolute Gasteiger partial charge is 0.449 e. The molecule has 2 aromatic rings. The summed E-state index contributed by atoms with van der Waals surface area (Å²) >= 11 is 0. The van der Waals surface area contributed by atoms with Gasteiger partial charge in [-0.1, -0.05) is 18.2 Å². The summed E-state index contributed by atoms with van der Waals surface area (Å²) in [7, 11) is 0. The molecule has 4 heteroatoms. The lowest BCUT2D eigenvalue weighted by molar-refractivity contribution is -0.123. The lowest BCUT2D eigenvalue weighted by Crippen LogP contribution is -2.30. The van der Waals surface area contributed by atoms with Crippen LogP contribution in [0, 0.1) is 27.7 Å². The molecule has 2 rings (SSSR count). The van der Waals surface area contributed by atoms with Crippen LogP contribution in [0.15, 0.2) is 36.4 Å². The topological polar surface area (TPSA) is 55.4 Å². The highest BCUT2D eigenvalue weighted by Gasteiger charge is 2.19. The lowest BCUT2D eigenvalue weighted by Gasteiger charge is -2.15. The van der Waals surface area contributed by atoms with Crippen molar-refractivity contribution in [3.05, 3.63) is 64.2 Å². The molecule has 0 spiro atoms. The number of benzene rings is 2. The van der Waals surface area contributed by atoms with Crippen LogP contribution < -0.4 is 5.32 Å². The van der Waals surface area contributed by atoms with Gasteiger partial charge in [-0.2, -0.15) is 0 Å². The van der Waals surface area contributed by atoms with Crippen molar-refractivity contribution >= 4 is 17.6 Å². The van der Waals surface area contributed by atoms with E-state index in [1.54, 1.807) is 19.1 Å². The molecule has 0 heterocycles. The van der Waals surface area contributed by atoms with Crippen LogP contribution in [0.3, 0.4) is 0 Å². The summed E-state index contributed by atoms with van der Waals surface area (Å²) < 4.78 is 5.28. The van der Waals surface area contributed by atoms with Gasteiger partial charge < -0.3 is 10.1 Å². The monoisotopic (exact) mass is 325 g/mol. The van der Waals surface area contributed by atoms with Crippen molar-refractivity contribution in [2.75, 3.05) is 5.32 Å². The first kappa shape index (κ1) is 17.7. The second kappa shape index (κ2) is 7.30. The summed E-state index contributed by atoms with van der Waals surface area (Å²) in [5, 5.41) is 2.81. The standard InChI is InChI=1S/C20H23NO3/c1-12-6-7-14(3)18(10-12)21-19(22)16(5)24-20(23)17-9-8-13(2)15(4)11-17/h6-11,16H,1-5H3,(H,21,22)/t16-/m0/s1. The molecule has 1 atom stereocenters. The van der Waals surface area contributed by atoms with Crippen molar-refractivity contribution in [1.82, 2.24) is 0 Å². The number of nitrogens with one attached hydrogen (secondary N) is 1. The lowest BCUT2D eigenvalue weighted by atomic mass is 10.1. The number of carbonyl (C=O) groups is 2. The molecule has 0 saturated carbocycles. The van der Waals surface area contributed by atoms with E-state index in [0.717, 1.165) is 27.9 Å². The average molecular weight is 325 g/mol. The molecule has 0 unspecified atom stereocenters. The molecule has 1 N–H and O–H groups in total. The minimum absolute atomic E-state index is 0.346. The number of rotatable bonds is 4. The maximum absolute atomic E-state index is 12.3. The quantitative estimate of drug-likeness (QED) is 0.861. The van der Waals surface area contributed by atoms with E-state index in [-0.39, 0.29) is 5.91 Å². The summed E-state index contributed by atoms with van der Waals surface area (Å²) in [6.07, 6.45) is -0.876. The fourth-order valence-corrected chi connectivity index (χ4v) is 2.26. The van der Waals surface area contributed by atoms with Crippen molar-refractivity contribution in [2.45, 2.75) is 40.7 Å². The fraction of sp³-hybridized carbons (Fsp3) is 0.300. The van der Waals surface area contributed by atoms with Gasteiger partial charge in [0.05, 0.1) is 5.56 Å². The number of hydrogen-bond acceptors (Lipinski definition) is 3. The van der Waals surface area contributed by atoms with Crippen molar-refractivity contribution < 1.29 is 14.3 Å². The van der Waals surface area contributed by atoms with E-state index < -0.39 is 12.1 Å². The van der Waals surface area contributed by atoms with Gasteiger partial charge in [0, 0.05) is 5.69 Å². The van der Waals surface area contributed by atoms with E-state index in [1.807, 2.05) is 52.0 Å². The SMILES string of the molecule is Cc1ccc(C)c(NC(=O)[C@H](C)OC(=O)c2ccc(C)c(C)c2)c1. The number of hydrogen-bond donors (Lipinski definition) is 1. The van der Waals surface area contributed by atoms with Crippen LogP contribution in [0.5, 0.6) is 0 Å². The molecular formula is C20H23NO3. The highest BCUT2D eigenvalue weighted by atomic mass is 16.5. The molecule has 0 bridgehead atoms. The van der Waals surface area contributed by atoms with E-state index >= 15 is 0 Å². The first-order valence-corrected chi connectivity index (χ1v) is 7.94. The van der Waals surface area contributed by atoms with Crippen molar-refractivity contribution in [3.8, 4) is 0 Å². The number of anilines is 1. The van der Waals surface area contributed by atoms with Crippen LogP contribution in [0.25, 0.3) is 0 Å². The van der Waals surface area contributed by atoms with Gasteiger partial charge in [-0.15, -0.1) is 0 Å². The van der Waals surface area contributed by atoms with Crippen LogP contribution in [-0.4, -0.2) is 18.0 Å². The van der Waals surface area contributed by atoms with E-state index in [4.69, 9.17) is 4.74 Å². The van der Waals surface area contributed by atoms with E-state index in [2.05, 4.69) is 5.32 Å². The molecule has 126 valence electrons. The number of amides is 1. The summed E-state index contributed by atoms with van der Waals surface area (Å²) in [4.78, 5) is 24.5. The maximum atomic E-state index is 12.3. The Morgan fingerprint density at radius 2 is 1.58 bits per heavy atom. The minimum Gasteiger partial charge on any atom is -0.449 e. The minimum atomic E-state index is -0.876. The zero-order chi connectivity index (χ0) is 17.9. The number of aryl methyl sites for hydroxylation is 4. The van der Waals surface area contributed by atoms with Gasteiger partial charge in [0.1, 0.15) is 0 Å². The molecular weight excluding hydrogens is 302 g/mol. The summed E-state index contributed by atoms with van der Waals surface area (Å²) in [5.41, 5.74) is 5.31. The maximum Gasteiger partial charge on any atom is 0.338 e. The first-order chi connectivity index (χ1) is 11.3. The number of carbonyl (C=O) groups excluding carboxylic acids is 2. The third kappa shape index (κ3) is 4.22. The molecule has 1 amide bonds. The molecule has 4 nitrogen and oxygen atoms in total. The molecule has 0 aliphatic carbocycles. The van der Waals surface area contributed by atoms with Gasteiger partial charge in [-0.3, -0.25) is 4.79 Å². The third-order valence-corrected chi connectivity index (χ3v) is 4.05. The van der Waals surface area contributed by atoms with Gasteiger partial charge in [0.15, 0.2) is 6.10 Å². The Kier molecular flexibility index (Phi) is 5.39. The number of ether oxygens (including phenoxy) is 1. The Labute approximate surface area is 142 Å². The predicted octanol–water partition coefficient (Wildman–Crippen LogP) is 4.10. The molecule has 0 aliphatic heterocycles. The Morgan fingerprint density at radius 3 is 2.25 bits per heavy atom. The Morgan fingerprint density at radius 1 is 0.917 bits per heavy atom. The second-order valence-corrected chi connectivity index (χ2v) is 6.15. The van der Waals surface area contributed by atoms with Crippen LogP contribution >= 0.6 is 0 Å².